The van der Waals surface area contributed by atoms with Gasteiger partial charge in [-0.3, -0.25) is 4.79 Å². The zero-order valence-electron chi connectivity index (χ0n) is 15.4. The SMILES string of the molecule is Cc1c(C(=O)N2CC[C@@](C)(O)C(CC(C)C)C2)[nH]c2ccc(F)cc12. The van der Waals surface area contributed by atoms with Crippen molar-refractivity contribution in [3.8, 4) is 0 Å². The lowest BCUT2D eigenvalue weighted by molar-refractivity contribution is -0.0578. The van der Waals surface area contributed by atoms with Gasteiger partial charge in [0, 0.05) is 29.9 Å². The maximum absolute atomic E-state index is 13.5. The number of nitrogens with one attached hydrogen (secondary N) is 1. The van der Waals surface area contributed by atoms with Crippen molar-refractivity contribution in [2.45, 2.75) is 46.1 Å². The van der Waals surface area contributed by atoms with E-state index in [-0.39, 0.29) is 17.6 Å². The number of rotatable bonds is 3. The molecule has 5 heteroatoms. The fourth-order valence-corrected chi connectivity index (χ4v) is 3.87. The molecule has 1 fully saturated rings. The molecule has 0 spiro atoms. The van der Waals surface area contributed by atoms with E-state index >= 15 is 0 Å². The van der Waals surface area contributed by atoms with Crippen molar-refractivity contribution in [1.82, 2.24) is 9.88 Å². The second-order valence-corrected chi connectivity index (χ2v) is 8.00. The number of aromatic amines is 1. The second-order valence-electron chi connectivity index (χ2n) is 8.00. The van der Waals surface area contributed by atoms with Gasteiger partial charge in [-0.15, -0.1) is 0 Å². The van der Waals surface area contributed by atoms with Crippen molar-refractivity contribution >= 4 is 16.8 Å². The molecule has 1 aromatic heterocycles. The van der Waals surface area contributed by atoms with Crippen molar-refractivity contribution in [2.75, 3.05) is 13.1 Å². The highest BCUT2D eigenvalue weighted by Gasteiger charge is 2.39. The molecule has 0 aliphatic carbocycles. The molecule has 3 rings (SSSR count). The van der Waals surface area contributed by atoms with Crippen molar-refractivity contribution in [3.63, 3.8) is 0 Å². The number of amides is 1. The van der Waals surface area contributed by atoms with Crippen LogP contribution in [0.2, 0.25) is 0 Å². The second kappa shape index (κ2) is 6.45. The van der Waals surface area contributed by atoms with E-state index in [1.165, 1.54) is 12.1 Å². The number of hydrogen-bond donors (Lipinski definition) is 2. The molecule has 2 N–H and O–H groups in total. The summed E-state index contributed by atoms with van der Waals surface area (Å²) in [6, 6.07) is 4.51. The van der Waals surface area contributed by atoms with Crippen LogP contribution in [0.25, 0.3) is 10.9 Å². The molecular formula is C20H27FN2O2. The predicted octanol–water partition coefficient (Wildman–Crippen LogP) is 3.87. The molecule has 25 heavy (non-hydrogen) atoms. The summed E-state index contributed by atoms with van der Waals surface area (Å²) < 4.78 is 13.5. The van der Waals surface area contributed by atoms with Gasteiger partial charge in [0.15, 0.2) is 0 Å². The Bertz CT molecular complexity index is 794. The van der Waals surface area contributed by atoms with Gasteiger partial charge in [-0.1, -0.05) is 13.8 Å². The molecule has 0 bridgehead atoms. The van der Waals surface area contributed by atoms with Crippen LogP contribution in [0.3, 0.4) is 0 Å². The minimum Gasteiger partial charge on any atom is -0.390 e. The highest BCUT2D eigenvalue weighted by molar-refractivity contribution is 6.00. The summed E-state index contributed by atoms with van der Waals surface area (Å²) in [6.07, 6.45) is 1.46. The topological polar surface area (TPSA) is 56.3 Å². The zero-order chi connectivity index (χ0) is 18.4. The van der Waals surface area contributed by atoms with E-state index in [0.717, 1.165) is 22.9 Å². The lowest BCUT2D eigenvalue weighted by Crippen LogP contribution is -2.52. The summed E-state index contributed by atoms with van der Waals surface area (Å²) in [6.45, 7) is 9.06. The first kappa shape index (κ1) is 17.9. The number of hydrogen-bond acceptors (Lipinski definition) is 2. The number of likely N-dealkylation sites (tertiary alicyclic amines) is 1. The van der Waals surface area contributed by atoms with E-state index in [0.29, 0.717) is 31.1 Å². The number of aromatic nitrogens is 1. The van der Waals surface area contributed by atoms with E-state index < -0.39 is 5.60 Å². The quantitative estimate of drug-likeness (QED) is 0.886. The third-order valence-electron chi connectivity index (χ3n) is 5.49. The minimum absolute atomic E-state index is 0.0623. The number of piperidine rings is 1. The minimum atomic E-state index is -0.736. The van der Waals surface area contributed by atoms with Crippen LogP contribution >= 0.6 is 0 Å². The van der Waals surface area contributed by atoms with Crippen LogP contribution in [-0.2, 0) is 0 Å². The molecular weight excluding hydrogens is 319 g/mol. The van der Waals surface area contributed by atoms with Crippen LogP contribution in [0.5, 0.6) is 0 Å². The van der Waals surface area contributed by atoms with Crippen LogP contribution in [0.15, 0.2) is 18.2 Å². The molecule has 1 unspecified atom stereocenters. The van der Waals surface area contributed by atoms with E-state index in [1.54, 1.807) is 6.07 Å². The van der Waals surface area contributed by atoms with E-state index in [2.05, 4.69) is 18.8 Å². The Hall–Kier alpha value is -1.88. The molecule has 136 valence electrons. The van der Waals surface area contributed by atoms with Gasteiger partial charge in [0.1, 0.15) is 11.5 Å². The Labute approximate surface area is 148 Å². The molecule has 2 aromatic rings. The smallest absolute Gasteiger partial charge is 0.270 e. The summed E-state index contributed by atoms with van der Waals surface area (Å²) in [5, 5.41) is 11.4. The third kappa shape index (κ3) is 3.43. The number of fused-ring (bicyclic) bond motifs is 1. The molecule has 1 aliphatic rings. The summed E-state index contributed by atoms with van der Waals surface area (Å²) in [7, 11) is 0. The molecule has 1 amide bonds. The van der Waals surface area contributed by atoms with Crippen molar-refractivity contribution in [2.24, 2.45) is 11.8 Å². The van der Waals surface area contributed by atoms with E-state index in [4.69, 9.17) is 0 Å². The lowest BCUT2D eigenvalue weighted by atomic mass is 9.78. The number of H-pyrrole nitrogens is 1. The number of halogens is 1. The zero-order valence-corrected chi connectivity index (χ0v) is 15.4. The first-order valence-corrected chi connectivity index (χ1v) is 8.98. The molecule has 1 aliphatic heterocycles. The maximum Gasteiger partial charge on any atom is 0.270 e. The number of aliphatic hydroxyl groups is 1. The molecule has 4 nitrogen and oxygen atoms in total. The number of nitrogens with zero attached hydrogens (tertiary/aromatic N) is 1. The summed E-state index contributed by atoms with van der Waals surface area (Å²) in [4.78, 5) is 18.0. The first-order valence-electron chi connectivity index (χ1n) is 8.98. The highest BCUT2D eigenvalue weighted by Crippen LogP contribution is 2.33. The van der Waals surface area contributed by atoms with Gasteiger partial charge in [0.05, 0.1) is 5.60 Å². The Morgan fingerprint density at radius 1 is 1.48 bits per heavy atom. The van der Waals surface area contributed by atoms with E-state index in [9.17, 15) is 14.3 Å². The average Bonchev–Trinajstić information content (AvgIpc) is 2.85. The molecule has 0 radical (unpaired) electrons. The third-order valence-corrected chi connectivity index (χ3v) is 5.49. The number of carbonyl (C=O) groups is 1. The van der Waals surface area contributed by atoms with Crippen LogP contribution in [0.4, 0.5) is 4.39 Å². The van der Waals surface area contributed by atoms with Crippen molar-refractivity contribution in [1.29, 1.82) is 0 Å². The van der Waals surface area contributed by atoms with Crippen LogP contribution < -0.4 is 0 Å². The Morgan fingerprint density at radius 2 is 2.20 bits per heavy atom. The Balaban J connectivity index is 1.87. The number of aryl methyl sites for hydroxylation is 1. The molecule has 2 atom stereocenters. The normalized spacial score (nSPS) is 24.3. The fraction of sp³-hybridized carbons (Fsp3) is 0.550. The molecule has 1 aromatic carbocycles. The van der Waals surface area contributed by atoms with Crippen molar-refractivity contribution < 1.29 is 14.3 Å². The van der Waals surface area contributed by atoms with E-state index in [1.807, 2.05) is 18.7 Å². The van der Waals surface area contributed by atoms with Crippen LogP contribution in [0, 0.1) is 24.6 Å². The Kier molecular flexibility index (Phi) is 4.62. The van der Waals surface area contributed by atoms with Gasteiger partial charge in [-0.25, -0.2) is 4.39 Å². The summed E-state index contributed by atoms with van der Waals surface area (Å²) >= 11 is 0. The van der Waals surface area contributed by atoms with Gasteiger partial charge < -0.3 is 15.0 Å². The largest absolute Gasteiger partial charge is 0.390 e. The van der Waals surface area contributed by atoms with Crippen LogP contribution in [-0.4, -0.2) is 39.6 Å². The number of benzene rings is 1. The van der Waals surface area contributed by atoms with Gasteiger partial charge in [0.2, 0.25) is 0 Å². The van der Waals surface area contributed by atoms with Crippen LogP contribution in [0.1, 0.15) is 49.7 Å². The van der Waals surface area contributed by atoms with Crippen molar-refractivity contribution in [3.05, 3.63) is 35.3 Å². The molecule has 0 saturated carbocycles. The highest BCUT2D eigenvalue weighted by atomic mass is 19.1. The summed E-state index contributed by atoms with van der Waals surface area (Å²) in [5.74, 6) is 0.148. The lowest BCUT2D eigenvalue weighted by Gasteiger charge is -2.43. The van der Waals surface area contributed by atoms with Gasteiger partial charge >= 0.3 is 0 Å². The summed E-state index contributed by atoms with van der Waals surface area (Å²) in [5.41, 5.74) is 1.33. The first-order chi connectivity index (χ1) is 11.7. The van der Waals surface area contributed by atoms with Gasteiger partial charge in [0.25, 0.3) is 5.91 Å². The number of carbonyl (C=O) groups excluding carboxylic acids is 1. The van der Waals surface area contributed by atoms with Gasteiger partial charge in [-0.05, 0) is 56.4 Å². The Morgan fingerprint density at radius 3 is 2.88 bits per heavy atom. The molecule has 1 saturated heterocycles. The standard InChI is InChI=1S/C20H27FN2O2/c1-12(2)9-14-11-23(8-7-20(14,4)25)19(24)18-13(3)16-10-15(21)5-6-17(16)22-18/h5-6,10,12,14,22,25H,7-9,11H2,1-4H3/t14?,20-/m1/s1. The van der Waals surface area contributed by atoms with Gasteiger partial charge in [-0.2, -0.15) is 0 Å². The monoisotopic (exact) mass is 346 g/mol. The predicted molar refractivity (Wildman–Crippen MR) is 97.1 cm³/mol. The fourth-order valence-electron chi connectivity index (χ4n) is 3.87. The molecule has 2 heterocycles. The average molecular weight is 346 g/mol. The maximum atomic E-state index is 13.5.